The molecule has 0 bridgehead atoms. The number of hydrogen-bond acceptors (Lipinski definition) is 6. The fourth-order valence-electron chi connectivity index (χ4n) is 3.99. The first-order chi connectivity index (χ1) is 18.3. The molecule has 10 nitrogen and oxygen atoms in total. The second-order valence-corrected chi connectivity index (χ2v) is 8.86. The summed E-state index contributed by atoms with van der Waals surface area (Å²) in [5.74, 6) is -3.05. The predicted octanol–water partition coefficient (Wildman–Crippen LogP) is 4.59. The number of hydrogen-bond donors (Lipinski definition) is 4. The molecule has 0 radical (unpaired) electrons. The van der Waals surface area contributed by atoms with Crippen LogP contribution >= 0.6 is 0 Å². The molecule has 3 heterocycles. The number of carbonyl (C=O) groups excluding carboxylic acids is 1. The number of nitrogens with one attached hydrogen (secondary N) is 3. The molecule has 4 N–H and O–H groups in total. The Bertz CT molecular complexity index is 1450. The average molecular weight is 518 g/mol. The highest BCUT2D eigenvalue weighted by Gasteiger charge is 2.44. The van der Waals surface area contributed by atoms with Crippen molar-refractivity contribution in [2.75, 3.05) is 18.5 Å². The van der Waals surface area contributed by atoms with Crippen molar-refractivity contribution in [3.05, 3.63) is 90.3 Å². The van der Waals surface area contributed by atoms with Crippen molar-refractivity contribution < 1.29 is 28.6 Å². The number of amides is 2. The molecule has 194 valence electrons. The van der Waals surface area contributed by atoms with Crippen molar-refractivity contribution in [3.8, 4) is 22.5 Å². The lowest BCUT2D eigenvalue weighted by molar-refractivity contribution is -0.304. The maximum atomic E-state index is 13.6. The first-order valence-electron chi connectivity index (χ1n) is 11.8. The number of carboxylic acid groups (broad SMARTS) is 1. The van der Waals surface area contributed by atoms with Gasteiger partial charge in [0, 0.05) is 35.1 Å². The summed E-state index contributed by atoms with van der Waals surface area (Å²) in [5.41, 5.74) is 2.77. The van der Waals surface area contributed by atoms with E-state index in [1.807, 2.05) is 6.92 Å². The summed E-state index contributed by atoms with van der Waals surface area (Å²) in [5, 5.41) is 14.6. The normalized spacial score (nSPS) is 19.1. The fraction of sp³-hybridized carbons (Fsp3) is 0.185. The van der Waals surface area contributed by atoms with Crippen LogP contribution < -0.4 is 10.6 Å². The predicted molar refractivity (Wildman–Crippen MR) is 136 cm³/mol. The van der Waals surface area contributed by atoms with E-state index in [0.29, 0.717) is 17.0 Å². The molecule has 2 amide bonds. The third-order valence-electron chi connectivity index (χ3n) is 5.89. The van der Waals surface area contributed by atoms with Gasteiger partial charge in [0.15, 0.2) is 5.82 Å². The molecule has 2 aromatic heterocycles. The Morgan fingerprint density at radius 1 is 1.05 bits per heavy atom. The lowest BCUT2D eigenvalue weighted by atomic mass is 10.1. The second kappa shape index (κ2) is 10.4. The number of anilines is 1. The van der Waals surface area contributed by atoms with Gasteiger partial charge in [-0.1, -0.05) is 13.0 Å². The van der Waals surface area contributed by atoms with Gasteiger partial charge in [0.25, 0.3) is 0 Å². The highest BCUT2D eigenvalue weighted by atomic mass is 19.1. The number of pyridine rings is 1. The van der Waals surface area contributed by atoms with Gasteiger partial charge in [-0.2, -0.15) is 0 Å². The van der Waals surface area contributed by atoms with E-state index in [1.54, 1.807) is 42.7 Å². The third kappa shape index (κ3) is 5.24. The van der Waals surface area contributed by atoms with E-state index >= 15 is 0 Å². The lowest BCUT2D eigenvalue weighted by Crippen LogP contribution is -2.55. The van der Waals surface area contributed by atoms with Gasteiger partial charge < -0.3 is 24.9 Å². The van der Waals surface area contributed by atoms with Crippen molar-refractivity contribution in [3.63, 3.8) is 0 Å². The SMILES string of the molecule is CC1COC(NC(=O)Nc2cccc(C(=O)O)c2)(c2nc(-c3ccc(F)cc3)c(-c3ccncc3)[nH]2)OC1. The molecule has 1 aliphatic heterocycles. The largest absolute Gasteiger partial charge is 0.478 e. The summed E-state index contributed by atoms with van der Waals surface area (Å²) in [7, 11) is 0. The van der Waals surface area contributed by atoms with E-state index in [9.17, 15) is 19.1 Å². The Morgan fingerprint density at radius 3 is 2.45 bits per heavy atom. The van der Waals surface area contributed by atoms with Crippen LogP contribution in [0.1, 0.15) is 23.1 Å². The van der Waals surface area contributed by atoms with E-state index < -0.39 is 17.9 Å². The Morgan fingerprint density at radius 2 is 1.76 bits per heavy atom. The number of rotatable bonds is 6. The Balaban J connectivity index is 1.53. The van der Waals surface area contributed by atoms with Crippen molar-refractivity contribution in [2.24, 2.45) is 5.92 Å². The molecule has 4 aromatic rings. The van der Waals surface area contributed by atoms with Crippen molar-refractivity contribution in [1.29, 1.82) is 0 Å². The summed E-state index contributed by atoms with van der Waals surface area (Å²) >= 11 is 0. The van der Waals surface area contributed by atoms with E-state index in [1.165, 1.54) is 30.3 Å². The van der Waals surface area contributed by atoms with Gasteiger partial charge in [-0.15, -0.1) is 0 Å². The quantitative estimate of drug-likeness (QED) is 0.293. The number of aromatic amines is 1. The zero-order valence-electron chi connectivity index (χ0n) is 20.3. The number of halogens is 1. The molecular weight excluding hydrogens is 493 g/mol. The molecule has 1 saturated heterocycles. The van der Waals surface area contributed by atoms with Gasteiger partial charge in [-0.3, -0.25) is 10.3 Å². The number of urea groups is 1. The summed E-state index contributed by atoms with van der Waals surface area (Å²) < 4.78 is 25.7. The summed E-state index contributed by atoms with van der Waals surface area (Å²) in [6.07, 6.45) is 3.26. The molecule has 2 aromatic carbocycles. The van der Waals surface area contributed by atoms with Crippen LogP contribution in [0, 0.1) is 11.7 Å². The third-order valence-corrected chi connectivity index (χ3v) is 5.89. The minimum Gasteiger partial charge on any atom is -0.478 e. The second-order valence-electron chi connectivity index (χ2n) is 8.86. The molecule has 0 atom stereocenters. The molecule has 0 saturated carbocycles. The average Bonchev–Trinajstić information content (AvgIpc) is 3.37. The molecule has 5 rings (SSSR count). The van der Waals surface area contributed by atoms with Crippen molar-refractivity contribution in [1.82, 2.24) is 20.3 Å². The van der Waals surface area contributed by atoms with Crippen LogP contribution in [0.15, 0.2) is 73.1 Å². The zero-order valence-corrected chi connectivity index (χ0v) is 20.3. The van der Waals surface area contributed by atoms with Gasteiger partial charge >= 0.3 is 17.9 Å². The summed E-state index contributed by atoms with van der Waals surface area (Å²) in [6.45, 7) is 2.48. The number of H-pyrrole nitrogens is 1. The maximum absolute atomic E-state index is 13.6. The van der Waals surface area contributed by atoms with Gasteiger partial charge in [0.2, 0.25) is 0 Å². The monoisotopic (exact) mass is 517 g/mol. The van der Waals surface area contributed by atoms with E-state index in [0.717, 1.165) is 5.56 Å². The van der Waals surface area contributed by atoms with Crippen LogP contribution in [0.2, 0.25) is 0 Å². The van der Waals surface area contributed by atoms with Gasteiger partial charge in [-0.05, 0) is 54.6 Å². The number of nitrogens with zero attached hydrogens (tertiary/aromatic N) is 2. The summed E-state index contributed by atoms with van der Waals surface area (Å²) in [6, 6.07) is 14.6. The molecule has 0 spiro atoms. The zero-order chi connectivity index (χ0) is 26.7. The Kier molecular flexibility index (Phi) is 6.86. The van der Waals surface area contributed by atoms with Crippen molar-refractivity contribution in [2.45, 2.75) is 12.8 Å². The van der Waals surface area contributed by atoms with Crippen LogP contribution in [0.25, 0.3) is 22.5 Å². The summed E-state index contributed by atoms with van der Waals surface area (Å²) in [4.78, 5) is 36.4. The molecule has 1 fully saturated rings. The van der Waals surface area contributed by atoms with Crippen LogP contribution in [-0.2, 0) is 15.4 Å². The molecule has 0 unspecified atom stereocenters. The lowest BCUT2D eigenvalue weighted by Gasteiger charge is -2.37. The fourth-order valence-corrected chi connectivity index (χ4v) is 3.99. The molecule has 0 aliphatic carbocycles. The van der Waals surface area contributed by atoms with Gasteiger partial charge in [0.05, 0.1) is 30.2 Å². The number of ether oxygens (including phenoxy) is 2. The topological polar surface area (TPSA) is 138 Å². The minimum absolute atomic E-state index is 0.0217. The number of carbonyl (C=O) groups is 2. The van der Waals surface area contributed by atoms with E-state index in [4.69, 9.17) is 14.5 Å². The first-order valence-corrected chi connectivity index (χ1v) is 11.8. The van der Waals surface area contributed by atoms with Crippen LogP contribution in [0.3, 0.4) is 0 Å². The Labute approximate surface area is 216 Å². The molecular formula is C27H24FN5O5. The molecule has 38 heavy (non-hydrogen) atoms. The number of aromatic carboxylic acids is 1. The number of benzene rings is 2. The van der Waals surface area contributed by atoms with Crippen molar-refractivity contribution >= 4 is 17.7 Å². The maximum Gasteiger partial charge on any atom is 0.335 e. The van der Waals surface area contributed by atoms with Gasteiger partial charge in [0.1, 0.15) is 5.82 Å². The first kappa shape index (κ1) is 25.1. The number of aromatic nitrogens is 3. The van der Waals surface area contributed by atoms with Crippen LogP contribution in [0.5, 0.6) is 0 Å². The van der Waals surface area contributed by atoms with E-state index in [-0.39, 0.29) is 42.0 Å². The number of carboxylic acids is 1. The molecule has 1 aliphatic rings. The molecule has 11 heteroatoms. The van der Waals surface area contributed by atoms with Gasteiger partial charge in [-0.25, -0.2) is 19.0 Å². The number of imidazole rings is 1. The Hall–Kier alpha value is -4.61. The highest BCUT2D eigenvalue weighted by molar-refractivity contribution is 5.93. The minimum atomic E-state index is -1.78. The van der Waals surface area contributed by atoms with E-state index in [2.05, 4.69) is 20.6 Å². The van der Waals surface area contributed by atoms with Crippen LogP contribution in [0.4, 0.5) is 14.9 Å². The smallest absolute Gasteiger partial charge is 0.335 e. The standard InChI is InChI=1S/C27H24FN5O5/c1-16-14-37-27(38-15-16,33-26(36)30-21-4-2-3-19(13-21)24(34)35)25-31-22(17-5-7-20(28)8-6-17)23(32-25)18-9-11-29-12-10-18/h2-13,16H,14-15H2,1H3,(H,31,32)(H,34,35)(H2,30,33,36). The van der Waals surface area contributed by atoms with Crippen LogP contribution in [-0.4, -0.2) is 45.3 Å². The highest BCUT2D eigenvalue weighted by Crippen LogP contribution is 2.35.